The van der Waals surface area contributed by atoms with Crippen LogP contribution in [0, 0.1) is 0 Å². The van der Waals surface area contributed by atoms with Crippen molar-refractivity contribution >= 4 is 5.97 Å². The second kappa shape index (κ2) is 6.05. The van der Waals surface area contributed by atoms with E-state index in [0.717, 1.165) is 32.2 Å². The largest absolute Gasteiger partial charge is 0.466 e. The van der Waals surface area contributed by atoms with Gasteiger partial charge in [0.25, 0.3) is 0 Å². The number of aryl methyl sites for hydroxylation is 1. The van der Waals surface area contributed by atoms with Crippen LogP contribution in [-0.4, -0.2) is 17.1 Å². The minimum Gasteiger partial charge on any atom is -0.466 e. The van der Waals surface area contributed by atoms with Gasteiger partial charge in [0.2, 0.25) is 0 Å². The van der Waals surface area contributed by atoms with Crippen molar-refractivity contribution in [1.29, 1.82) is 0 Å². The molecule has 1 aliphatic carbocycles. The van der Waals surface area contributed by atoms with Crippen LogP contribution in [0.1, 0.15) is 49.9 Å². The van der Waals surface area contributed by atoms with Crippen molar-refractivity contribution in [2.75, 3.05) is 6.61 Å². The summed E-state index contributed by atoms with van der Waals surface area (Å²) >= 11 is 0. The molecule has 100 valence electrons. The van der Waals surface area contributed by atoms with Gasteiger partial charge in [0.05, 0.1) is 6.61 Å². The highest BCUT2D eigenvalue weighted by atomic mass is 16.5. The maximum atomic E-state index is 11.3. The Morgan fingerprint density at radius 2 is 2.44 bits per heavy atom. The predicted octanol–water partition coefficient (Wildman–Crippen LogP) is 2.17. The van der Waals surface area contributed by atoms with Crippen LogP contribution in [0.25, 0.3) is 0 Å². The van der Waals surface area contributed by atoms with Crippen LogP contribution < -0.4 is 5.73 Å². The Hall–Kier alpha value is -1.29. The fourth-order valence-corrected chi connectivity index (χ4v) is 2.63. The zero-order valence-corrected chi connectivity index (χ0v) is 11.0. The van der Waals surface area contributed by atoms with Gasteiger partial charge in [-0.1, -0.05) is 0 Å². The van der Waals surface area contributed by atoms with Gasteiger partial charge in [-0.25, -0.2) is 0 Å². The Bertz CT molecular complexity index is 412. The Morgan fingerprint density at radius 3 is 3.22 bits per heavy atom. The smallest absolute Gasteiger partial charge is 0.305 e. The lowest BCUT2D eigenvalue weighted by molar-refractivity contribution is -0.143. The highest BCUT2D eigenvalue weighted by molar-refractivity contribution is 5.69. The fraction of sp³-hybridized carbons (Fsp3) is 0.643. The summed E-state index contributed by atoms with van der Waals surface area (Å²) in [6.45, 7) is 3.18. The highest BCUT2D eigenvalue weighted by Gasteiger charge is 2.19. The van der Waals surface area contributed by atoms with E-state index in [1.54, 1.807) is 0 Å². The summed E-state index contributed by atoms with van der Waals surface area (Å²) in [4.78, 5) is 11.3. The topological polar surface area (TPSA) is 57.2 Å². The molecule has 0 bridgehead atoms. The number of nitrogens with two attached hydrogens (primary N) is 1. The summed E-state index contributed by atoms with van der Waals surface area (Å²) in [5.74, 6) is -0.102. The van der Waals surface area contributed by atoms with E-state index in [4.69, 9.17) is 10.5 Å². The predicted molar refractivity (Wildman–Crippen MR) is 70.2 cm³/mol. The van der Waals surface area contributed by atoms with Gasteiger partial charge in [-0.05, 0) is 44.2 Å². The lowest BCUT2D eigenvalue weighted by Gasteiger charge is -2.20. The molecular weight excluding hydrogens is 228 g/mol. The van der Waals surface area contributed by atoms with E-state index < -0.39 is 0 Å². The van der Waals surface area contributed by atoms with Gasteiger partial charge in [-0.2, -0.15) is 0 Å². The number of hydrogen-bond acceptors (Lipinski definition) is 3. The number of nitrogens with zero attached hydrogens (tertiary/aromatic N) is 1. The van der Waals surface area contributed by atoms with E-state index >= 15 is 0 Å². The molecule has 0 aliphatic heterocycles. The summed E-state index contributed by atoms with van der Waals surface area (Å²) in [6, 6.07) is 2.32. The van der Waals surface area contributed by atoms with Crippen LogP contribution >= 0.6 is 0 Å². The van der Waals surface area contributed by atoms with Crippen molar-refractivity contribution < 1.29 is 9.53 Å². The fourth-order valence-electron chi connectivity index (χ4n) is 2.63. The van der Waals surface area contributed by atoms with Gasteiger partial charge in [-0.15, -0.1) is 0 Å². The molecule has 1 heterocycles. The van der Waals surface area contributed by atoms with Gasteiger partial charge >= 0.3 is 5.97 Å². The second-order valence-corrected chi connectivity index (χ2v) is 4.82. The first kappa shape index (κ1) is 13.1. The quantitative estimate of drug-likeness (QED) is 0.815. The Labute approximate surface area is 108 Å². The molecule has 0 fully saturated rings. The van der Waals surface area contributed by atoms with Crippen molar-refractivity contribution in [2.45, 2.75) is 51.6 Å². The SMILES string of the molecule is CCOC(=O)CCCn1ccc2c1CCCC2N. The van der Waals surface area contributed by atoms with Crippen LogP contribution in [0.4, 0.5) is 0 Å². The van der Waals surface area contributed by atoms with Crippen LogP contribution in [0.3, 0.4) is 0 Å². The molecule has 2 N–H and O–H groups in total. The minimum absolute atomic E-state index is 0.102. The molecule has 0 amide bonds. The Morgan fingerprint density at radius 1 is 1.61 bits per heavy atom. The van der Waals surface area contributed by atoms with E-state index in [2.05, 4.69) is 16.8 Å². The lowest BCUT2D eigenvalue weighted by Crippen LogP contribution is -2.18. The molecule has 0 saturated heterocycles. The number of aromatic nitrogens is 1. The summed E-state index contributed by atoms with van der Waals surface area (Å²) in [5.41, 5.74) is 8.74. The summed E-state index contributed by atoms with van der Waals surface area (Å²) in [5, 5.41) is 0. The first-order chi connectivity index (χ1) is 8.72. The molecule has 4 heteroatoms. The molecule has 2 rings (SSSR count). The first-order valence-electron chi connectivity index (χ1n) is 6.81. The normalized spacial score (nSPS) is 18.4. The van der Waals surface area contributed by atoms with Crippen molar-refractivity contribution in [3.05, 3.63) is 23.5 Å². The molecule has 1 unspecified atom stereocenters. The third-order valence-electron chi connectivity index (χ3n) is 3.53. The van der Waals surface area contributed by atoms with Crippen molar-refractivity contribution in [3.63, 3.8) is 0 Å². The number of hydrogen-bond donors (Lipinski definition) is 1. The first-order valence-corrected chi connectivity index (χ1v) is 6.81. The van der Waals surface area contributed by atoms with Crippen LogP contribution in [0.15, 0.2) is 12.3 Å². The number of carbonyl (C=O) groups is 1. The van der Waals surface area contributed by atoms with E-state index in [9.17, 15) is 4.79 Å². The molecule has 18 heavy (non-hydrogen) atoms. The van der Waals surface area contributed by atoms with Crippen LogP contribution in [0.2, 0.25) is 0 Å². The molecule has 0 spiro atoms. The number of esters is 1. The van der Waals surface area contributed by atoms with E-state index in [1.165, 1.54) is 11.3 Å². The molecule has 0 aromatic carbocycles. The average Bonchev–Trinajstić information content (AvgIpc) is 2.75. The van der Waals surface area contributed by atoms with Crippen molar-refractivity contribution in [2.24, 2.45) is 5.73 Å². The number of carbonyl (C=O) groups excluding carboxylic acids is 1. The summed E-state index contributed by atoms with van der Waals surface area (Å²) in [7, 11) is 0. The lowest BCUT2D eigenvalue weighted by atomic mass is 9.93. The molecule has 1 aliphatic rings. The molecule has 0 saturated carbocycles. The van der Waals surface area contributed by atoms with Gasteiger partial charge in [0, 0.05) is 30.9 Å². The number of rotatable bonds is 5. The average molecular weight is 250 g/mol. The number of fused-ring (bicyclic) bond motifs is 1. The maximum Gasteiger partial charge on any atom is 0.305 e. The molecule has 1 atom stereocenters. The van der Waals surface area contributed by atoms with Crippen LogP contribution in [0.5, 0.6) is 0 Å². The van der Waals surface area contributed by atoms with Gasteiger partial charge < -0.3 is 15.0 Å². The maximum absolute atomic E-state index is 11.3. The standard InChI is InChI=1S/C14H22N2O2/c1-2-18-14(17)7-4-9-16-10-8-11-12(15)5-3-6-13(11)16/h8,10,12H,2-7,9,15H2,1H3. The van der Waals surface area contributed by atoms with Gasteiger partial charge in [0.15, 0.2) is 0 Å². The molecular formula is C14H22N2O2. The van der Waals surface area contributed by atoms with Gasteiger partial charge in [0.1, 0.15) is 0 Å². The van der Waals surface area contributed by atoms with E-state index in [-0.39, 0.29) is 12.0 Å². The highest BCUT2D eigenvalue weighted by Crippen LogP contribution is 2.28. The molecule has 1 aromatic rings. The zero-order valence-electron chi connectivity index (χ0n) is 11.0. The van der Waals surface area contributed by atoms with Crippen molar-refractivity contribution in [1.82, 2.24) is 4.57 Å². The summed E-state index contributed by atoms with van der Waals surface area (Å²) in [6.07, 6.45) is 6.77. The Balaban J connectivity index is 1.89. The van der Waals surface area contributed by atoms with E-state index in [1.807, 2.05) is 6.92 Å². The molecule has 1 aromatic heterocycles. The zero-order chi connectivity index (χ0) is 13.0. The second-order valence-electron chi connectivity index (χ2n) is 4.82. The molecule has 0 radical (unpaired) electrons. The third kappa shape index (κ3) is 2.93. The minimum atomic E-state index is -0.102. The van der Waals surface area contributed by atoms with Crippen LogP contribution in [-0.2, 0) is 22.5 Å². The monoisotopic (exact) mass is 250 g/mol. The number of ether oxygens (including phenoxy) is 1. The van der Waals surface area contributed by atoms with Crippen molar-refractivity contribution in [3.8, 4) is 0 Å². The molecule has 4 nitrogen and oxygen atoms in total. The third-order valence-corrected chi connectivity index (χ3v) is 3.53. The Kier molecular flexibility index (Phi) is 4.42. The van der Waals surface area contributed by atoms with E-state index in [0.29, 0.717) is 13.0 Å². The summed E-state index contributed by atoms with van der Waals surface area (Å²) < 4.78 is 7.17. The van der Waals surface area contributed by atoms with Gasteiger partial charge in [-0.3, -0.25) is 4.79 Å².